The Bertz CT molecular complexity index is 637. The number of hydrogen-bond donors (Lipinski definition) is 2. The van der Waals surface area contributed by atoms with E-state index < -0.39 is 0 Å². The van der Waals surface area contributed by atoms with E-state index in [0.29, 0.717) is 22.9 Å². The van der Waals surface area contributed by atoms with Crippen LogP contribution < -0.4 is 10.9 Å². The molecule has 0 bridgehead atoms. The van der Waals surface area contributed by atoms with Gasteiger partial charge in [-0.2, -0.15) is 10.2 Å². The van der Waals surface area contributed by atoms with Gasteiger partial charge in [0.25, 0.3) is 0 Å². The Labute approximate surface area is 133 Å². The number of carbonyl (C=O) groups is 2. The van der Waals surface area contributed by atoms with Crippen LogP contribution >= 0.6 is 11.6 Å². The number of hydrazone groups is 2. The summed E-state index contributed by atoms with van der Waals surface area (Å²) in [6.07, 6.45) is 0.630. The second-order valence-corrected chi connectivity index (χ2v) is 5.50. The van der Waals surface area contributed by atoms with Gasteiger partial charge >= 0.3 is 0 Å². The normalized spacial score (nSPS) is 18.0. The average molecular weight is 321 g/mol. The Balaban J connectivity index is 1.84. The van der Waals surface area contributed by atoms with Crippen molar-refractivity contribution in [3.8, 4) is 0 Å². The van der Waals surface area contributed by atoms with E-state index in [0.717, 1.165) is 5.56 Å². The molecule has 2 amide bonds. The number of amides is 2. The lowest BCUT2D eigenvalue weighted by Crippen LogP contribution is -2.25. The van der Waals surface area contributed by atoms with Gasteiger partial charge in [0.2, 0.25) is 11.8 Å². The highest BCUT2D eigenvalue weighted by Crippen LogP contribution is 2.13. The van der Waals surface area contributed by atoms with Gasteiger partial charge in [-0.05, 0) is 38.0 Å². The Kier molecular flexibility index (Phi) is 5.27. The summed E-state index contributed by atoms with van der Waals surface area (Å²) in [6.45, 7) is 3.56. The van der Waals surface area contributed by atoms with E-state index in [2.05, 4.69) is 21.1 Å². The summed E-state index contributed by atoms with van der Waals surface area (Å²) in [7, 11) is 0. The van der Waals surface area contributed by atoms with Gasteiger partial charge in [-0.3, -0.25) is 9.59 Å². The van der Waals surface area contributed by atoms with Crippen LogP contribution in [0.25, 0.3) is 0 Å². The molecule has 6 nitrogen and oxygen atoms in total. The molecular formula is C15H17ClN4O2. The largest absolute Gasteiger partial charge is 0.273 e. The molecule has 2 N–H and O–H groups in total. The number of rotatable bonds is 5. The fourth-order valence-corrected chi connectivity index (χ4v) is 2.19. The van der Waals surface area contributed by atoms with Gasteiger partial charge in [0.15, 0.2) is 0 Å². The third kappa shape index (κ3) is 4.14. The standard InChI is InChI=1S/C15H17ClN4O2/c1-9(11-3-5-12(16)6-4-11)17-19-14(21)8-7-13-10(2)18-20-15(13)22/h3-6,13H,7-8H2,1-2H3,(H,19,21)(H,20,22)/b17-9+/t13-/m1/s1. The summed E-state index contributed by atoms with van der Waals surface area (Å²) in [4.78, 5) is 23.3. The predicted octanol–water partition coefficient (Wildman–Crippen LogP) is 2.08. The molecule has 0 saturated heterocycles. The van der Waals surface area contributed by atoms with E-state index in [1.54, 1.807) is 26.0 Å². The molecule has 0 spiro atoms. The summed E-state index contributed by atoms with van der Waals surface area (Å²) in [6, 6.07) is 7.18. The van der Waals surface area contributed by atoms with Gasteiger partial charge < -0.3 is 0 Å². The summed E-state index contributed by atoms with van der Waals surface area (Å²) < 4.78 is 0. The van der Waals surface area contributed by atoms with Crippen molar-refractivity contribution in [1.29, 1.82) is 0 Å². The van der Waals surface area contributed by atoms with Crippen LogP contribution in [0.2, 0.25) is 5.02 Å². The molecule has 0 radical (unpaired) electrons. The molecule has 0 saturated carbocycles. The van der Waals surface area contributed by atoms with Crippen molar-refractivity contribution in [2.24, 2.45) is 16.1 Å². The first-order chi connectivity index (χ1) is 10.5. The summed E-state index contributed by atoms with van der Waals surface area (Å²) in [5, 5.41) is 8.54. The molecule has 2 rings (SSSR count). The number of nitrogens with zero attached hydrogens (tertiary/aromatic N) is 2. The lowest BCUT2D eigenvalue weighted by molar-refractivity contribution is -0.123. The maximum absolute atomic E-state index is 11.8. The van der Waals surface area contributed by atoms with Crippen LogP contribution in [0.4, 0.5) is 0 Å². The second kappa shape index (κ2) is 7.17. The molecule has 1 aromatic rings. The van der Waals surface area contributed by atoms with Crippen molar-refractivity contribution >= 4 is 34.8 Å². The van der Waals surface area contributed by atoms with Crippen molar-refractivity contribution in [3.05, 3.63) is 34.9 Å². The van der Waals surface area contributed by atoms with E-state index in [-0.39, 0.29) is 24.2 Å². The van der Waals surface area contributed by atoms with Gasteiger partial charge in [-0.25, -0.2) is 10.9 Å². The van der Waals surface area contributed by atoms with Crippen molar-refractivity contribution in [2.75, 3.05) is 0 Å². The Morgan fingerprint density at radius 2 is 2.09 bits per heavy atom. The first-order valence-corrected chi connectivity index (χ1v) is 7.28. The first-order valence-electron chi connectivity index (χ1n) is 6.90. The Morgan fingerprint density at radius 3 is 2.68 bits per heavy atom. The molecule has 0 aromatic heterocycles. The zero-order valence-corrected chi connectivity index (χ0v) is 13.1. The van der Waals surface area contributed by atoms with Crippen LogP contribution in [0.15, 0.2) is 34.5 Å². The van der Waals surface area contributed by atoms with Crippen LogP contribution in [0, 0.1) is 5.92 Å². The molecule has 0 fully saturated rings. The van der Waals surface area contributed by atoms with Crippen LogP contribution in [-0.4, -0.2) is 23.2 Å². The van der Waals surface area contributed by atoms with Crippen molar-refractivity contribution in [1.82, 2.24) is 10.9 Å². The first kappa shape index (κ1) is 16.2. The SMILES string of the molecule is CC1=NNC(=O)[C@@H]1CCC(=O)N/N=C(\C)c1ccc(Cl)cc1. The minimum Gasteiger partial charge on any atom is -0.273 e. The Hall–Kier alpha value is -2.21. The predicted molar refractivity (Wildman–Crippen MR) is 85.8 cm³/mol. The highest BCUT2D eigenvalue weighted by molar-refractivity contribution is 6.30. The third-order valence-electron chi connectivity index (χ3n) is 3.43. The minimum absolute atomic E-state index is 0.161. The smallest absolute Gasteiger partial charge is 0.248 e. The van der Waals surface area contributed by atoms with Gasteiger partial charge in [0, 0.05) is 17.2 Å². The maximum atomic E-state index is 11.8. The van der Waals surface area contributed by atoms with Crippen molar-refractivity contribution < 1.29 is 9.59 Å². The number of nitrogens with one attached hydrogen (secondary N) is 2. The van der Waals surface area contributed by atoms with E-state index in [1.165, 1.54) is 0 Å². The molecular weight excluding hydrogens is 304 g/mol. The third-order valence-corrected chi connectivity index (χ3v) is 3.69. The Morgan fingerprint density at radius 1 is 1.41 bits per heavy atom. The number of carbonyl (C=O) groups excluding carboxylic acids is 2. The lowest BCUT2D eigenvalue weighted by Gasteiger charge is -2.07. The summed E-state index contributed by atoms with van der Waals surface area (Å²) in [5.74, 6) is -0.723. The molecule has 0 aliphatic carbocycles. The van der Waals surface area contributed by atoms with E-state index in [4.69, 9.17) is 11.6 Å². The fraction of sp³-hybridized carbons (Fsp3) is 0.333. The van der Waals surface area contributed by atoms with Crippen LogP contribution in [0.5, 0.6) is 0 Å². The highest BCUT2D eigenvalue weighted by atomic mass is 35.5. The topological polar surface area (TPSA) is 82.9 Å². The van der Waals surface area contributed by atoms with Crippen LogP contribution in [0.1, 0.15) is 32.3 Å². The van der Waals surface area contributed by atoms with Gasteiger partial charge in [-0.1, -0.05) is 23.7 Å². The number of benzene rings is 1. The molecule has 1 aliphatic rings. The molecule has 7 heteroatoms. The number of hydrogen-bond acceptors (Lipinski definition) is 4. The van der Waals surface area contributed by atoms with E-state index >= 15 is 0 Å². The molecule has 1 heterocycles. The van der Waals surface area contributed by atoms with Gasteiger partial charge in [0.05, 0.1) is 11.6 Å². The van der Waals surface area contributed by atoms with Gasteiger partial charge in [-0.15, -0.1) is 0 Å². The summed E-state index contributed by atoms with van der Waals surface area (Å²) in [5.41, 5.74) is 7.16. The summed E-state index contributed by atoms with van der Waals surface area (Å²) >= 11 is 5.82. The molecule has 1 aliphatic heterocycles. The quantitative estimate of drug-likeness (QED) is 0.643. The highest BCUT2D eigenvalue weighted by Gasteiger charge is 2.26. The van der Waals surface area contributed by atoms with E-state index in [9.17, 15) is 9.59 Å². The maximum Gasteiger partial charge on any atom is 0.248 e. The molecule has 22 heavy (non-hydrogen) atoms. The average Bonchev–Trinajstić information content (AvgIpc) is 2.82. The van der Waals surface area contributed by atoms with Crippen molar-refractivity contribution in [2.45, 2.75) is 26.7 Å². The van der Waals surface area contributed by atoms with Crippen LogP contribution in [0.3, 0.4) is 0 Å². The molecule has 116 valence electrons. The monoisotopic (exact) mass is 320 g/mol. The zero-order chi connectivity index (χ0) is 16.1. The fourth-order valence-electron chi connectivity index (χ4n) is 2.06. The van der Waals surface area contributed by atoms with Crippen LogP contribution in [-0.2, 0) is 9.59 Å². The van der Waals surface area contributed by atoms with E-state index in [1.807, 2.05) is 12.1 Å². The molecule has 0 unspecified atom stereocenters. The van der Waals surface area contributed by atoms with Gasteiger partial charge in [0.1, 0.15) is 0 Å². The lowest BCUT2D eigenvalue weighted by atomic mass is 9.99. The van der Waals surface area contributed by atoms with Crippen molar-refractivity contribution in [3.63, 3.8) is 0 Å². The molecule has 1 atom stereocenters. The molecule has 1 aromatic carbocycles. The zero-order valence-electron chi connectivity index (χ0n) is 12.4. The second-order valence-electron chi connectivity index (χ2n) is 5.06. The number of halogens is 1. The minimum atomic E-state index is -0.327.